The molecule has 0 saturated heterocycles. The Labute approximate surface area is 106 Å². The Morgan fingerprint density at radius 1 is 1.18 bits per heavy atom. The van der Waals surface area contributed by atoms with Crippen LogP contribution in [0.5, 0.6) is 5.75 Å². The number of hydrogen-bond donors (Lipinski definition) is 1. The molecule has 17 heavy (non-hydrogen) atoms. The van der Waals surface area contributed by atoms with Gasteiger partial charge < -0.3 is 5.11 Å². The van der Waals surface area contributed by atoms with Crippen molar-refractivity contribution in [2.75, 3.05) is 0 Å². The molecule has 4 nitrogen and oxygen atoms in total. The molecule has 0 amide bonds. The molecule has 2 heterocycles. The van der Waals surface area contributed by atoms with Gasteiger partial charge in [0.2, 0.25) is 0 Å². The molecule has 0 fully saturated rings. The lowest BCUT2D eigenvalue weighted by Crippen LogP contribution is -1.85. The largest absolute Gasteiger partial charge is 0.507 e. The average Bonchev–Trinajstić information content (AvgIpc) is 2.72. The number of nitrogens with zero attached hydrogens (tertiary/aromatic N) is 3. The van der Waals surface area contributed by atoms with Crippen LogP contribution in [0.3, 0.4) is 0 Å². The second kappa shape index (κ2) is 3.85. The first-order valence-corrected chi connectivity index (χ1v) is 5.83. The second-order valence-electron chi connectivity index (χ2n) is 3.60. The van der Waals surface area contributed by atoms with Crippen molar-refractivity contribution in [1.82, 2.24) is 14.6 Å². The Morgan fingerprint density at radius 2 is 2.00 bits per heavy atom. The molecule has 0 spiro atoms. The molecule has 84 valence electrons. The first kappa shape index (κ1) is 10.3. The summed E-state index contributed by atoms with van der Waals surface area (Å²) in [7, 11) is 0. The first-order chi connectivity index (χ1) is 8.24. The van der Waals surface area contributed by atoms with Crippen LogP contribution in [0.2, 0.25) is 0 Å². The smallest absolute Gasteiger partial charge is 0.185 e. The molecule has 0 atom stereocenters. The van der Waals surface area contributed by atoms with E-state index in [4.69, 9.17) is 0 Å². The van der Waals surface area contributed by atoms with Crippen LogP contribution in [0.25, 0.3) is 17.0 Å². The third-order valence-electron chi connectivity index (χ3n) is 2.44. The molecule has 3 aromatic rings. The standard InChI is InChI=1S/C12H8BrN3O/c13-8-5-6-16-11(7-8)14-12(15-16)9-3-1-2-4-10(9)17/h1-7,17H. The molecule has 3 rings (SSSR count). The van der Waals surface area contributed by atoms with Gasteiger partial charge in [0.25, 0.3) is 0 Å². The van der Waals surface area contributed by atoms with Crippen LogP contribution in [0.1, 0.15) is 0 Å². The summed E-state index contributed by atoms with van der Waals surface area (Å²) >= 11 is 3.38. The van der Waals surface area contributed by atoms with E-state index in [1.807, 2.05) is 24.4 Å². The van der Waals surface area contributed by atoms with Crippen LogP contribution in [0, 0.1) is 0 Å². The minimum absolute atomic E-state index is 0.183. The Balaban J connectivity index is 2.22. The molecule has 5 heteroatoms. The topological polar surface area (TPSA) is 50.4 Å². The molecule has 0 aliphatic heterocycles. The van der Waals surface area contributed by atoms with Crippen LogP contribution in [0.4, 0.5) is 0 Å². The molecule has 1 N–H and O–H groups in total. The van der Waals surface area contributed by atoms with Crippen molar-refractivity contribution < 1.29 is 5.11 Å². The van der Waals surface area contributed by atoms with Gasteiger partial charge in [-0.1, -0.05) is 28.1 Å². The van der Waals surface area contributed by atoms with E-state index in [-0.39, 0.29) is 5.75 Å². The van der Waals surface area contributed by atoms with Crippen LogP contribution in [-0.2, 0) is 0 Å². The quantitative estimate of drug-likeness (QED) is 0.749. The Kier molecular flexibility index (Phi) is 2.33. The van der Waals surface area contributed by atoms with Gasteiger partial charge in [0.1, 0.15) is 5.75 Å². The number of rotatable bonds is 1. The van der Waals surface area contributed by atoms with E-state index < -0.39 is 0 Å². The van der Waals surface area contributed by atoms with Gasteiger partial charge in [0.15, 0.2) is 11.5 Å². The van der Waals surface area contributed by atoms with E-state index in [2.05, 4.69) is 26.0 Å². The molecule has 0 aliphatic rings. The first-order valence-electron chi connectivity index (χ1n) is 5.04. The highest BCUT2D eigenvalue weighted by Crippen LogP contribution is 2.26. The molecule has 2 aromatic heterocycles. The van der Waals surface area contributed by atoms with Crippen molar-refractivity contribution in [3.8, 4) is 17.1 Å². The van der Waals surface area contributed by atoms with Gasteiger partial charge in [0, 0.05) is 10.7 Å². The fourth-order valence-electron chi connectivity index (χ4n) is 1.63. The Hall–Kier alpha value is -1.88. The summed E-state index contributed by atoms with van der Waals surface area (Å²) in [4.78, 5) is 4.37. The number of hydrogen-bond acceptors (Lipinski definition) is 3. The normalized spacial score (nSPS) is 10.9. The SMILES string of the molecule is Oc1ccccc1-c1nc2cc(Br)ccn2n1. The number of pyridine rings is 1. The van der Waals surface area contributed by atoms with Crippen molar-refractivity contribution in [3.05, 3.63) is 47.1 Å². The maximum absolute atomic E-state index is 9.75. The van der Waals surface area contributed by atoms with Crippen LogP contribution < -0.4 is 0 Å². The molecule has 0 aliphatic carbocycles. The average molecular weight is 290 g/mol. The van der Waals surface area contributed by atoms with Gasteiger partial charge in [0.05, 0.1) is 5.56 Å². The molecule has 0 bridgehead atoms. The van der Waals surface area contributed by atoms with Crippen molar-refractivity contribution in [2.45, 2.75) is 0 Å². The van der Waals surface area contributed by atoms with Crippen LogP contribution >= 0.6 is 15.9 Å². The lowest BCUT2D eigenvalue weighted by molar-refractivity contribution is 0.477. The summed E-state index contributed by atoms with van der Waals surface area (Å²) in [6, 6.07) is 10.8. The van der Waals surface area contributed by atoms with Crippen molar-refractivity contribution in [2.24, 2.45) is 0 Å². The van der Waals surface area contributed by atoms with E-state index in [0.29, 0.717) is 11.4 Å². The van der Waals surface area contributed by atoms with E-state index in [9.17, 15) is 5.11 Å². The number of benzene rings is 1. The third-order valence-corrected chi connectivity index (χ3v) is 2.94. The van der Waals surface area contributed by atoms with Gasteiger partial charge in [-0.15, -0.1) is 5.10 Å². The number of fused-ring (bicyclic) bond motifs is 1. The molecule has 0 radical (unpaired) electrons. The predicted molar refractivity (Wildman–Crippen MR) is 67.8 cm³/mol. The molecular weight excluding hydrogens is 282 g/mol. The number of halogens is 1. The second-order valence-corrected chi connectivity index (χ2v) is 4.52. The Morgan fingerprint density at radius 3 is 2.82 bits per heavy atom. The molecule has 1 aromatic carbocycles. The van der Waals surface area contributed by atoms with E-state index in [0.717, 1.165) is 10.1 Å². The number of phenolic OH excluding ortho intramolecular Hbond substituents is 1. The van der Waals surface area contributed by atoms with Gasteiger partial charge in [-0.2, -0.15) is 0 Å². The molecule has 0 unspecified atom stereocenters. The maximum Gasteiger partial charge on any atom is 0.185 e. The number of para-hydroxylation sites is 1. The van der Waals surface area contributed by atoms with Gasteiger partial charge >= 0.3 is 0 Å². The van der Waals surface area contributed by atoms with E-state index in [1.54, 1.807) is 22.7 Å². The summed E-state index contributed by atoms with van der Waals surface area (Å²) in [5.41, 5.74) is 1.37. The van der Waals surface area contributed by atoms with Gasteiger partial charge in [-0.3, -0.25) is 0 Å². The van der Waals surface area contributed by atoms with Crippen LogP contribution in [-0.4, -0.2) is 19.7 Å². The maximum atomic E-state index is 9.75. The summed E-state index contributed by atoms with van der Waals surface area (Å²) in [5, 5.41) is 14.1. The number of aromatic hydroxyl groups is 1. The third kappa shape index (κ3) is 1.78. The van der Waals surface area contributed by atoms with Crippen molar-refractivity contribution in [3.63, 3.8) is 0 Å². The Bertz CT molecular complexity index is 693. The zero-order valence-electron chi connectivity index (χ0n) is 8.71. The monoisotopic (exact) mass is 289 g/mol. The van der Waals surface area contributed by atoms with E-state index >= 15 is 0 Å². The summed E-state index contributed by atoms with van der Waals surface area (Å²) in [6.45, 7) is 0. The van der Waals surface area contributed by atoms with Crippen molar-refractivity contribution in [1.29, 1.82) is 0 Å². The lowest BCUT2D eigenvalue weighted by atomic mass is 10.2. The summed E-state index contributed by atoms with van der Waals surface area (Å²) in [6.07, 6.45) is 1.82. The zero-order valence-corrected chi connectivity index (χ0v) is 10.3. The fraction of sp³-hybridized carbons (Fsp3) is 0. The number of aromatic nitrogens is 3. The minimum atomic E-state index is 0.183. The fourth-order valence-corrected chi connectivity index (χ4v) is 1.96. The number of phenols is 1. The highest BCUT2D eigenvalue weighted by Gasteiger charge is 2.09. The zero-order chi connectivity index (χ0) is 11.8. The minimum Gasteiger partial charge on any atom is -0.507 e. The van der Waals surface area contributed by atoms with E-state index in [1.165, 1.54) is 0 Å². The van der Waals surface area contributed by atoms with Crippen LogP contribution in [0.15, 0.2) is 47.1 Å². The van der Waals surface area contributed by atoms with Crippen molar-refractivity contribution >= 4 is 21.6 Å². The lowest BCUT2D eigenvalue weighted by Gasteiger charge is -1.97. The highest BCUT2D eigenvalue weighted by molar-refractivity contribution is 9.10. The van der Waals surface area contributed by atoms with Gasteiger partial charge in [-0.05, 0) is 24.3 Å². The molecule has 0 saturated carbocycles. The summed E-state index contributed by atoms with van der Waals surface area (Å²) < 4.78 is 2.62. The summed E-state index contributed by atoms with van der Waals surface area (Å²) in [5.74, 6) is 0.698. The predicted octanol–water partition coefficient (Wildman–Crippen LogP) is 2.86. The molecular formula is C12H8BrN3O. The highest BCUT2D eigenvalue weighted by atomic mass is 79.9. The van der Waals surface area contributed by atoms with Gasteiger partial charge in [-0.25, -0.2) is 9.50 Å².